The smallest absolute Gasteiger partial charge is 0.253 e. The van der Waals surface area contributed by atoms with Crippen LogP contribution >= 0.6 is 0 Å². The molecule has 0 radical (unpaired) electrons. The largest absolute Gasteiger partial charge is 0.374 e. The van der Waals surface area contributed by atoms with Crippen molar-refractivity contribution in [1.29, 1.82) is 0 Å². The molecule has 0 N–H and O–H groups in total. The molecule has 9 heteroatoms. The lowest BCUT2D eigenvalue weighted by Gasteiger charge is -2.42. The summed E-state index contributed by atoms with van der Waals surface area (Å²) in [6.07, 6.45) is 7.07. The SMILES string of the molecule is CCOC1C=CC(c2noc(C3CCN(C(=O)C4CN(C(=O)c5ccccc5)C4)CC3)n2)=CC1OC. The van der Waals surface area contributed by atoms with Crippen molar-refractivity contribution in [2.24, 2.45) is 5.92 Å². The third kappa shape index (κ3) is 4.99. The summed E-state index contributed by atoms with van der Waals surface area (Å²) in [5.41, 5.74) is 1.51. The Labute approximate surface area is 210 Å². The number of benzene rings is 1. The highest BCUT2D eigenvalue weighted by atomic mass is 16.5. The number of allylic oxidation sites excluding steroid dienone is 2. The molecule has 2 unspecified atom stereocenters. The van der Waals surface area contributed by atoms with Gasteiger partial charge in [0.2, 0.25) is 17.6 Å². The van der Waals surface area contributed by atoms with Gasteiger partial charge >= 0.3 is 0 Å². The van der Waals surface area contributed by atoms with Gasteiger partial charge in [-0.25, -0.2) is 0 Å². The Hall–Kier alpha value is -3.30. The lowest BCUT2D eigenvalue weighted by molar-refractivity contribution is -0.141. The highest BCUT2D eigenvalue weighted by Gasteiger charge is 2.39. The van der Waals surface area contributed by atoms with E-state index in [9.17, 15) is 9.59 Å². The average molecular weight is 493 g/mol. The fourth-order valence-electron chi connectivity index (χ4n) is 5.02. The molecule has 36 heavy (non-hydrogen) atoms. The number of amides is 2. The van der Waals surface area contributed by atoms with Crippen LogP contribution in [0.2, 0.25) is 0 Å². The molecule has 2 fully saturated rings. The molecule has 1 aliphatic carbocycles. The van der Waals surface area contributed by atoms with Crippen LogP contribution in [0.1, 0.15) is 47.8 Å². The minimum Gasteiger partial charge on any atom is -0.374 e. The third-order valence-corrected chi connectivity index (χ3v) is 7.16. The minimum atomic E-state index is -0.202. The van der Waals surface area contributed by atoms with Gasteiger partial charge in [-0.2, -0.15) is 4.98 Å². The standard InChI is InChI=1S/C27H32N4O5/c1-3-35-22-10-9-20(15-23(22)34-2)24-28-25(36-29-24)18-11-13-30(14-12-18)27(33)21-16-31(17-21)26(32)19-7-5-4-6-8-19/h4-10,15,18,21-23H,3,11-14,16-17H2,1-2H3. The summed E-state index contributed by atoms with van der Waals surface area (Å²) in [5, 5.41) is 4.19. The summed E-state index contributed by atoms with van der Waals surface area (Å²) in [5.74, 6) is 1.26. The maximum absolute atomic E-state index is 13.0. The van der Waals surface area contributed by atoms with Gasteiger partial charge in [-0.3, -0.25) is 9.59 Å². The normalized spacial score (nSPS) is 22.9. The number of hydrogen-bond acceptors (Lipinski definition) is 7. The number of rotatable bonds is 7. The molecule has 9 nitrogen and oxygen atoms in total. The second-order valence-electron chi connectivity index (χ2n) is 9.43. The van der Waals surface area contributed by atoms with Crippen molar-refractivity contribution < 1.29 is 23.6 Å². The Kier molecular flexibility index (Phi) is 7.29. The van der Waals surface area contributed by atoms with E-state index in [2.05, 4.69) is 10.1 Å². The Bertz CT molecular complexity index is 1130. The second kappa shape index (κ2) is 10.8. The minimum absolute atomic E-state index is 0.0151. The first-order valence-electron chi connectivity index (χ1n) is 12.6. The molecule has 190 valence electrons. The summed E-state index contributed by atoms with van der Waals surface area (Å²) in [7, 11) is 1.66. The van der Waals surface area contributed by atoms with Gasteiger partial charge in [0.25, 0.3) is 5.91 Å². The first-order valence-corrected chi connectivity index (χ1v) is 12.6. The van der Waals surface area contributed by atoms with E-state index in [0.29, 0.717) is 50.1 Å². The predicted octanol–water partition coefficient (Wildman–Crippen LogP) is 2.92. The molecule has 0 bridgehead atoms. The fraction of sp³-hybridized carbons (Fsp3) is 0.481. The molecule has 5 rings (SSSR count). The number of aromatic nitrogens is 2. The van der Waals surface area contributed by atoms with E-state index in [1.165, 1.54) is 0 Å². The molecule has 2 aliphatic heterocycles. The van der Waals surface area contributed by atoms with Crippen molar-refractivity contribution in [3.8, 4) is 0 Å². The van der Waals surface area contributed by atoms with Crippen molar-refractivity contribution >= 4 is 17.4 Å². The number of carbonyl (C=O) groups excluding carboxylic acids is 2. The van der Waals surface area contributed by atoms with E-state index in [1.54, 1.807) is 24.1 Å². The molecule has 2 amide bonds. The molecular formula is C27H32N4O5. The molecule has 1 aromatic carbocycles. The van der Waals surface area contributed by atoms with E-state index in [-0.39, 0.29) is 35.9 Å². The summed E-state index contributed by atoms with van der Waals surface area (Å²) < 4.78 is 16.8. The van der Waals surface area contributed by atoms with Crippen molar-refractivity contribution in [3.05, 3.63) is 65.8 Å². The molecule has 0 spiro atoms. The van der Waals surface area contributed by atoms with Crippen LogP contribution in [-0.4, -0.2) is 83.9 Å². The van der Waals surface area contributed by atoms with Gasteiger partial charge in [0.05, 0.1) is 5.92 Å². The second-order valence-corrected chi connectivity index (χ2v) is 9.43. The molecule has 0 saturated carbocycles. The maximum Gasteiger partial charge on any atom is 0.253 e. The van der Waals surface area contributed by atoms with Crippen LogP contribution in [0.5, 0.6) is 0 Å². The highest BCUT2D eigenvalue weighted by Crippen LogP contribution is 2.31. The Balaban J connectivity index is 1.12. The van der Waals surface area contributed by atoms with Crippen LogP contribution in [0.15, 0.2) is 53.1 Å². The molecule has 1 aromatic heterocycles. The zero-order valence-corrected chi connectivity index (χ0v) is 20.7. The van der Waals surface area contributed by atoms with E-state index in [1.807, 2.05) is 48.3 Å². The Morgan fingerprint density at radius 1 is 1.08 bits per heavy atom. The lowest BCUT2D eigenvalue weighted by atomic mass is 9.93. The van der Waals surface area contributed by atoms with E-state index in [0.717, 1.165) is 18.4 Å². The highest BCUT2D eigenvalue weighted by molar-refractivity contribution is 5.96. The summed E-state index contributed by atoms with van der Waals surface area (Å²) in [6, 6.07) is 9.20. The van der Waals surface area contributed by atoms with Gasteiger partial charge in [-0.1, -0.05) is 35.5 Å². The molecule has 3 aliphatic rings. The van der Waals surface area contributed by atoms with Gasteiger partial charge < -0.3 is 23.8 Å². The third-order valence-electron chi connectivity index (χ3n) is 7.16. The Morgan fingerprint density at radius 3 is 2.53 bits per heavy atom. The summed E-state index contributed by atoms with van der Waals surface area (Å²) in [4.78, 5) is 33.8. The number of likely N-dealkylation sites (tertiary alicyclic amines) is 2. The quantitative estimate of drug-likeness (QED) is 0.586. The van der Waals surface area contributed by atoms with Crippen molar-refractivity contribution in [2.75, 3.05) is 39.9 Å². The van der Waals surface area contributed by atoms with Gasteiger partial charge in [-0.15, -0.1) is 0 Å². The first-order chi connectivity index (χ1) is 17.6. The molecule has 2 aromatic rings. The zero-order chi connectivity index (χ0) is 25.1. The first kappa shape index (κ1) is 24.4. The van der Waals surface area contributed by atoms with Crippen LogP contribution in [0.3, 0.4) is 0 Å². The molecule has 2 saturated heterocycles. The number of hydrogen-bond donors (Lipinski definition) is 0. The van der Waals surface area contributed by atoms with Crippen LogP contribution < -0.4 is 0 Å². The van der Waals surface area contributed by atoms with Crippen molar-refractivity contribution in [3.63, 3.8) is 0 Å². The predicted molar refractivity (Wildman–Crippen MR) is 132 cm³/mol. The van der Waals surface area contributed by atoms with Gasteiger partial charge in [0.1, 0.15) is 12.2 Å². The summed E-state index contributed by atoms with van der Waals surface area (Å²) in [6.45, 7) is 4.82. The number of nitrogens with zero attached hydrogens (tertiary/aromatic N) is 4. The lowest BCUT2D eigenvalue weighted by Crippen LogP contribution is -2.57. The van der Waals surface area contributed by atoms with E-state index >= 15 is 0 Å². The average Bonchev–Trinajstić information content (AvgIpc) is 3.39. The molecule has 3 heterocycles. The van der Waals surface area contributed by atoms with Crippen LogP contribution in [0, 0.1) is 5.92 Å². The van der Waals surface area contributed by atoms with Gasteiger partial charge in [0, 0.05) is 57.0 Å². The Morgan fingerprint density at radius 2 is 1.83 bits per heavy atom. The fourth-order valence-corrected chi connectivity index (χ4v) is 5.02. The number of piperidine rings is 1. The van der Waals surface area contributed by atoms with Crippen molar-refractivity contribution in [2.45, 2.75) is 37.9 Å². The maximum atomic E-state index is 13.0. The van der Waals surface area contributed by atoms with E-state index in [4.69, 9.17) is 14.0 Å². The number of methoxy groups -OCH3 is 1. The van der Waals surface area contributed by atoms with Gasteiger partial charge in [0.15, 0.2) is 0 Å². The summed E-state index contributed by atoms with van der Waals surface area (Å²) >= 11 is 0. The number of carbonyl (C=O) groups is 2. The topological polar surface area (TPSA) is 98.0 Å². The molecular weight excluding hydrogens is 460 g/mol. The monoisotopic (exact) mass is 492 g/mol. The number of ether oxygens (including phenoxy) is 2. The van der Waals surface area contributed by atoms with Crippen LogP contribution in [0.25, 0.3) is 5.57 Å². The zero-order valence-electron chi connectivity index (χ0n) is 20.7. The molecule has 2 atom stereocenters. The van der Waals surface area contributed by atoms with Gasteiger partial charge in [-0.05, 0) is 38.0 Å². The van der Waals surface area contributed by atoms with Crippen LogP contribution in [-0.2, 0) is 14.3 Å². The van der Waals surface area contributed by atoms with Crippen LogP contribution in [0.4, 0.5) is 0 Å². The van der Waals surface area contributed by atoms with E-state index < -0.39 is 0 Å². The van der Waals surface area contributed by atoms with Crippen molar-refractivity contribution in [1.82, 2.24) is 19.9 Å².